The van der Waals surface area contributed by atoms with Gasteiger partial charge in [0.15, 0.2) is 5.76 Å². The molecule has 1 fully saturated rings. The lowest BCUT2D eigenvalue weighted by atomic mass is 10.2. The van der Waals surface area contributed by atoms with E-state index in [2.05, 4.69) is 9.88 Å². The third kappa shape index (κ3) is 4.67. The first-order valence-corrected chi connectivity index (χ1v) is 11.3. The van der Waals surface area contributed by atoms with Crippen LogP contribution in [0.4, 0.5) is 0 Å². The molecule has 1 aliphatic carbocycles. The minimum absolute atomic E-state index is 0.0134. The molecule has 0 spiro atoms. The van der Waals surface area contributed by atoms with Crippen molar-refractivity contribution in [3.63, 3.8) is 0 Å². The molecular weight excluding hydrogens is 451 g/mol. The molecule has 3 aromatic rings. The van der Waals surface area contributed by atoms with Gasteiger partial charge in [0.05, 0.1) is 15.6 Å². The number of ether oxygens (including phenoxy) is 1. The number of benzene rings is 2. The molecule has 7 nitrogen and oxygen atoms in total. The summed E-state index contributed by atoms with van der Waals surface area (Å²) in [6.07, 6.45) is 1.53. The molecule has 10 heteroatoms. The Kier molecular flexibility index (Phi) is 5.84. The van der Waals surface area contributed by atoms with Gasteiger partial charge < -0.3 is 9.26 Å². The Morgan fingerprint density at radius 3 is 2.57 bits per heavy atom. The molecule has 0 aliphatic heterocycles. The van der Waals surface area contributed by atoms with Crippen LogP contribution in [0.1, 0.15) is 28.9 Å². The normalized spacial score (nSPS) is 13.9. The zero-order valence-corrected chi connectivity index (χ0v) is 17.8. The number of aromatic nitrogens is 1. The van der Waals surface area contributed by atoms with Gasteiger partial charge in [-0.25, -0.2) is 17.9 Å². The molecule has 0 unspecified atom stereocenters. The van der Waals surface area contributed by atoms with Crippen molar-refractivity contribution in [2.45, 2.75) is 30.4 Å². The van der Waals surface area contributed by atoms with Crippen molar-refractivity contribution >= 4 is 39.2 Å². The largest absolute Gasteiger partial charge is 0.455 e. The van der Waals surface area contributed by atoms with E-state index in [0.717, 1.165) is 24.5 Å². The number of nitrogens with zero attached hydrogens (tertiary/aromatic N) is 1. The SMILES string of the molecule is O=C(OCc1cc(-c2ccccc2)on1)c1cc(S(=O)(=O)NC2CC2)c(Cl)cc1Cl. The molecule has 4 rings (SSSR count). The van der Waals surface area contributed by atoms with E-state index < -0.39 is 16.0 Å². The maximum Gasteiger partial charge on any atom is 0.340 e. The summed E-state index contributed by atoms with van der Waals surface area (Å²) >= 11 is 12.1. The van der Waals surface area contributed by atoms with E-state index in [4.69, 9.17) is 32.5 Å². The average molecular weight is 467 g/mol. The van der Waals surface area contributed by atoms with Gasteiger partial charge in [0.2, 0.25) is 10.0 Å². The summed E-state index contributed by atoms with van der Waals surface area (Å²) in [6, 6.07) is 13.2. The second-order valence-electron chi connectivity index (χ2n) is 6.78. The van der Waals surface area contributed by atoms with Crippen LogP contribution in [0.25, 0.3) is 11.3 Å². The number of esters is 1. The first kappa shape index (κ1) is 20.9. The van der Waals surface area contributed by atoms with Crippen LogP contribution in [0, 0.1) is 0 Å². The third-order valence-corrected chi connectivity index (χ3v) is 6.70. The lowest BCUT2D eigenvalue weighted by molar-refractivity contribution is 0.0464. The Hall–Kier alpha value is -2.39. The van der Waals surface area contributed by atoms with Gasteiger partial charge in [-0.15, -0.1) is 0 Å². The molecule has 0 amide bonds. The van der Waals surface area contributed by atoms with Crippen molar-refractivity contribution in [3.05, 3.63) is 69.8 Å². The number of carbonyl (C=O) groups is 1. The van der Waals surface area contributed by atoms with Gasteiger partial charge in [0.25, 0.3) is 0 Å². The molecule has 0 atom stereocenters. The van der Waals surface area contributed by atoms with E-state index in [1.807, 2.05) is 30.3 Å². The van der Waals surface area contributed by atoms with E-state index in [9.17, 15) is 13.2 Å². The first-order valence-electron chi connectivity index (χ1n) is 9.03. The zero-order chi connectivity index (χ0) is 21.3. The number of hydrogen-bond donors (Lipinski definition) is 1. The molecule has 2 aromatic carbocycles. The molecule has 156 valence electrons. The summed E-state index contributed by atoms with van der Waals surface area (Å²) < 4.78 is 38.0. The van der Waals surface area contributed by atoms with Crippen LogP contribution in [0.5, 0.6) is 0 Å². The smallest absolute Gasteiger partial charge is 0.340 e. The van der Waals surface area contributed by atoms with E-state index in [0.29, 0.717) is 11.5 Å². The summed E-state index contributed by atoms with van der Waals surface area (Å²) in [5.41, 5.74) is 1.13. The minimum atomic E-state index is -3.87. The number of hydrogen-bond acceptors (Lipinski definition) is 6. The predicted octanol–water partition coefficient (Wildman–Crippen LogP) is 4.45. The van der Waals surface area contributed by atoms with Crippen molar-refractivity contribution in [2.75, 3.05) is 0 Å². The molecule has 0 saturated heterocycles. The van der Waals surface area contributed by atoms with Crippen LogP contribution in [-0.2, 0) is 21.4 Å². The maximum absolute atomic E-state index is 12.5. The van der Waals surface area contributed by atoms with Gasteiger partial charge >= 0.3 is 5.97 Å². The molecule has 0 bridgehead atoms. The number of nitrogens with one attached hydrogen (secondary N) is 1. The fourth-order valence-corrected chi connectivity index (χ4v) is 4.87. The molecule has 0 radical (unpaired) electrons. The van der Waals surface area contributed by atoms with Gasteiger partial charge in [0.1, 0.15) is 17.2 Å². The minimum Gasteiger partial charge on any atom is -0.455 e. The number of sulfonamides is 1. The van der Waals surface area contributed by atoms with E-state index in [1.165, 1.54) is 6.07 Å². The monoisotopic (exact) mass is 466 g/mol. The molecule has 1 N–H and O–H groups in total. The Morgan fingerprint density at radius 1 is 1.13 bits per heavy atom. The summed E-state index contributed by atoms with van der Waals surface area (Å²) in [6.45, 7) is -0.170. The molecule has 1 saturated carbocycles. The van der Waals surface area contributed by atoms with Crippen molar-refractivity contribution in [3.8, 4) is 11.3 Å². The van der Waals surface area contributed by atoms with Crippen LogP contribution < -0.4 is 4.72 Å². The molecule has 1 aromatic heterocycles. The first-order chi connectivity index (χ1) is 14.3. The van der Waals surface area contributed by atoms with Gasteiger partial charge in [-0.3, -0.25) is 0 Å². The van der Waals surface area contributed by atoms with Gasteiger partial charge in [-0.05, 0) is 25.0 Å². The second-order valence-corrected chi connectivity index (χ2v) is 9.28. The Bertz CT molecular complexity index is 1190. The fraction of sp³-hybridized carbons (Fsp3) is 0.200. The summed E-state index contributed by atoms with van der Waals surface area (Å²) in [5, 5.41) is 3.79. The van der Waals surface area contributed by atoms with E-state index in [1.54, 1.807) is 6.07 Å². The highest BCUT2D eigenvalue weighted by atomic mass is 35.5. The fourth-order valence-electron chi connectivity index (χ4n) is 2.71. The lowest BCUT2D eigenvalue weighted by Crippen LogP contribution is -2.26. The van der Waals surface area contributed by atoms with Crippen molar-refractivity contribution < 1.29 is 22.5 Å². The molecule has 30 heavy (non-hydrogen) atoms. The van der Waals surface area contributed by atoms with Crippen LogP contribution in [0.2, 0.25) is 10.0 Å². The number of carbonyl (C=O) groups excluding carboxylic acids is 1. The third-order valence-electron chi connectivity index (χ3n) is 4.40. The summed E-state index contributed by atoms with van der Waals surface area (Å²) in [4.78, 5) is 12.3. The quantitative estimate of drug-likeness (QED) is 0.516. The van der Waals surface area contributed by atoms with Crippen molar-refractivity contribution in [2.24, 2.45) is 0 Å². The maximum atomic E-state index is 12.5. The van der Waals surface area contributed by atoms with Crippen LogP contribution >= 0.6 is 23.2 Å². The van der Waals surface area contributed by atoms with E-state index in [-0.39, 0.29) is 33.2 Å². The van der Waals surface area contributed by atoms with Crippen LogP contribution in [0.3, 0.4) is 0 Å². The Balaban J connectivity index is 1.49. The van der Waals surface area contributed by atoms with Crippen LogP contribution in [-0.4, -0.2) is 25.6 Å². The predicted molar refractivity (Wildman–Crippen MR) is 111 cm³/mol. The van der Waals surface area contributed by atoms with Gasteiger partial charge in [-0.1, -0.05) is 58.7 Å². The van der Waals surface area contributed by atoms with Crippen LogP contribution in [0.15, 0.2) is 57.9 Å². The zero-order valence-electron chi connectivity index (χ0n) is 15.5. The van der Waals surface area contributed by atoms with Crippen molar-refractivity contribution in [1.29, 1.82) is 0 Å². The van der Waals surface area contributed by atoms with Crippen molar-refractivity contribution in [1.82, 2.24) is 9.88 Å². The molecular formula is C20H16Cl2N2O5S. The topological polar surface area (TPSA) is 98.5 Å². The highest BCUT2D eigenvalue weighted by Crippen LogP contribution is 2.31. The molecule has 1 heterocycles. The highest BCUT2D eigenvalue weighted by Gasteiger charge is 2.30. The summed E-state index contributed by atoms with van der Waals surface area (Å²) in [5.74, 6) is -0.269. The van der Waals surface area contributed by atoms with E-state index >= 15 is 0 Å². The standard InChI is InChI=1S/C20H16Cl2N2O5S/c21-16-10-17(22)19(30(26,27)24-13-6-7-13)9-15(16)20(25)28-11-14-8-18(29-23-14)12-4-2-1-3-5-12/h1-5,8-10,13,24H,6-7,11H2. The van der Waals surface area contributed by atoms with Gasteiger partial charge in [0, 0.05) is 17.7 Å². The summed E-state index contributed by atoms with van der Waals surface area (Å²) in [7, 11) is -3.87. The molecule has 1 aliphatic rings. The Morgan fingerprint density at radius 2 is 1.87 bits per heavy atom. The van der Waals surface area contributed by atoms with Gasteiger partial charge in [-0.2, -0.15) is 0 Å². The Labute approximate surface area is 183 Å². The average Bonchev–Trinajstić information content (AvgIpc) is 3.38. The number of halogens is 2. The lowest BCUT2D eigenvalue weighted by Gasteiger charge is -2.11. The number of rotatable bonds is 7. The second kappa shape index (κ2) is 8.39. The highest BCUT2D eigenvalue weighted by molar-refractivity contribution is 7.89.